The third-order valence-corrected chi connectivity index (χ3v) is 3.87. The van der Waals surface area contributed by atoms with Crippen LogP contribution in [0.3, 0.4) is 0 Å². The molecule has 0 atom stereocenters. The average molecular weight is 294 g/mol. The Hall–Kier alpha value is -2.62. The minimum atomic E-state index is -0.0522. The zero-order chi connectivity index (χ0) is 15.7. The van der Waals surface area contributed by atoms with Crippen LogP contribution in [0.15, 0.2) is 41.4 Å². The minimum absolute atomic E-state index is 0.0522. The molecule has 0 bridgehead atoms. The van der Waals surface area contributed by atoms with E-state index in [2.05, 4.69) is 5.32 Å². The molecular formula is C18H18N2O2. The van der Waals surface area contributed by atoms with Crippen LogP contribution in [0.2, 0.25) is 0 Å². The topological polar surface area (TPSA) is 50.7 Å². The van der Waals surface area contributed by atoms with Crippen molar-refractivity contribution in [3.05, 3.63) is 53.1 Å². The van der Waals surface area contributed by atoms with Crippen LogP contribution < -0.4 is 10.1 Å². The van der Waals surface area contributed by atoms with Gasteiger partial charge < -0.3 is 10.1 Å². The predicted molar refractivity (Wildman–Crippen MR) is 88.4 cm³/mol. The molecule has 0 saturated heterocycles. The van der Waals surface area contributed by atoms with Crippen molar-refractivity contribution in [3.8, 4) is 5.75 Å². The quantitative estimate of drug-likeness (QED) is 0.916. The van der Waals surface area contributed by atoms with Crippen LogP contribution in [0.5, 0.6) is 5.75 Å². The summed E-state index contributed by atoms with van der Waals surface area (Å²) in [5.41, 5.74) is 5.51. The van der Waals surface area contributed by atoms with E-state index >= 15 is 0 Å². The van der Waals surface area contributed by atoms with Crippen LogP contribution in [0.1, 0.15) is 23.1 Å². The molecule has 1 aliphatic heterocycles. The first kappa shape index (κ1) is 14.3. The molecule has 1 amide bonds. The van der Waals surface area contributed by atoms with Gasteiger partial charge in [0, 0.05) is 5.56 Å². The molecule has 1 aliphatic rings. The molecule has 0 aromatic heterocycles. The number of rotatable bonds is 2. The van der Waals surface area contributed by atoms with Crippen molar-refractivity contribution in [1.29, 1.82) is 0 Å². The van der Waals surface area contributed by atoms with Crippen molar-refractivity contribution in [1.82, 2.24) is 0 Å². The smallest absolute Gasteiger partial charge is 0.230 e. The lowest BCUT2D eigenvalue weighted by atomic mass is 10.1. The van der Waals surface area contributed by atoms with Crippen LogP contribution in [0.25, 0.3) is 0 Å². The summed E-state index contributed by atoms with van der Waals surface area (Å²) < 4.78 is 5.25. The number of carbonyl (C=O) groups is 1. The lowest BCUT2D eigenvalue weighted by Crippen LogP contribution is -2.15. The molecule has 0 unspecified atom stereocenters. The van der Waals surface area contributed by atoms with E-state index in [1.165, 1.54) is 0 Å². The number of fused-ring (bicyclic) bond motifs is 1. The number of benzene rings is 2. The highest BCUT2D eigenvalue weighted by atomic mass is 16.5. The largest absolute Gasteiger partial charge is 0.497 e. The zero-order valence-electron chi connectivity index (χ0n) is 12.9. The van der Waals surface area contributed by atoms with Gasteiger partial charge in [0.05, 0.1) is 30.6 Å². The van der Waals surface area contributed by atoms with Gasteiger partial charge in [-0.2, -0.15) is 0 Å². The molecule has 4 heteroatoms. The molecule has 3 rings (SSSR count). The SMILES string of the molecule is COc1cccc(C2=Nc3cc(C)c(C)cc3NC(=O)C2)c1. The molecular weight excluding hydrogens is 276 g/mol. The van der Waals surface area contributed by atoms with Crippen molar-refractivity contribution < 1.29 is 9.53 Å². The van der Waals surface area contributed by atoms with Crippen LogP contribution in [0.4, 0.5) is 11.4 Å². The van der Waals surface area contributed by atoms with E-state index in [1.54, 1.807) is 7.11 Å². The van der Waals surface area contributed by atoms with E-state index < -0.39 is 0 Å². The van der Waals surface area contributed by atoms with Crippen molar-refractivity contribution in [3.63, 3.8) is 0 Å². The number of hydrogen-bond donors (Lipinski definition) is 1. The molecule has 0 spiro atoms. The molecule has 22 heavy (non-hydrogen) atoms. The molecule has 4 nitrogen and oxygen atoms in total. The van der Waals surface area contributed by atoms with Gasteiger partial charge in [-0.3, -0.25) is 9.79 Å². The van der Waals surface area contributed by atoms with Crippen molar-refractivity contribution in [2.24, 2.45) is 4.99 Å². The minimum Gasteiger partial charge on any atom is -0.497 e. The van der Waals surface area contributed by atoms with Crippen molar-refractivity contribution in [2.75, 3.05) is 12.4 Å². The molecule has 112 valence electrons. The number of methoxy groups -OCH3 is 1. The molecule has 1 N–H and O–H groups in total. The molecule has 0 aliphatic carbocycles. The van der Waals surface area contributed by atoms with Gasteiger partial charge in [0.2, 0.25) is 5.91 Å². The first-order valence-electron chi connectivity index (χ1n) is 7.20. The first-order valence-corrected chi connectivity index (χ1v) is 7.20. The number of ether oxygens (including phenoxy) is 1. The first-order chi connectivity index (χ1) is 10.6. The van der Waals surface area contributed by atoms with Gasteiger partial charge in [0.25, 0.3) is 0 Å². The number of aryl methyl sites for hydroxylation is 2. The number of hydrogen-bond acceptors (Lipinski definition) is 3. The Morgan fingerprint density at radius 2 is 1.91 bits per heavy atom. The van der Waals surface area contributed by atoms with E-state index in [-0.39, 0.29) is 12.3 Å². The monoisotopic (exact) mass is 294 g/mol. The van der Waals surface area contributed by atoms with E-state index in [4.69, 9.17) is 9.73 Å². The predicted octanol–water partition coefficient (Wildman–Crippen LogP) is 3.78. The Kier molecular flexibility index (Phi) is 3.67. The van der Waals surface area contributed by atoms with Gasteiger partial charge in [-0.1, -0.05) is 12.1 Å². The molecule has 2 aromatic carbocycles. The summed E-state index contributed by atoms with van der Waals surface area (Å²) in [5, 5.41) is 2.93. The average Bonchev–Trinajstić information content (AvgIpc) is 2.66. The second kappa shape index (κ2) is 5.64. The summed E-state index contributed by atoms with van der Waals surface area (Å²) in [4.78, 5) is 16.9. The highest BCUT2D eigenvalue weighted by molar-refractivity contribution is 6.17. The molecule has 2 aromatic rings. The van der Waals surface area contributed by atoms with E-state index in [9.17, 15) is 4.79 Å². The summed E-state index contributed by atoms with van der Waals surface area (Å²) in [7, 11) is 1.63. The van der Waals surface area contributed by atoms with Crippen molar-refractivity contribution >= 4 is 23.0 Å². The lowest BCUT2D eigenvalue weighted by molar-refractivity contribution is -0.115. The summed E-state index contributed by atoms with van der Waals surface area (Å²) in [6, 6.07) is 11.6. The molecule has 1 heterocycles. The second-order valence-corrected chi connectivity index (χ2v) is 5.47. The Labute approximate surface area is 129 Å². The fourth-order valence-corrected chi connectivity index (χ4v) is 2.49. The highest BCUT2D eigenvalue weighted by Crippen LogP contribution is 2.32. The Balaban J connectivity index is 2.12. The summed E-state index contributed by atoms with van der Waals surface area (Å²) in [5.74, 6) is 0.703. The zero-order valence-corrected chi connectivity index (χ0v) is 12.9. The maximum Gasteiger partial charge on any atom is 0.230 e. The number of anilines is 1. The molecule has 0 fully saturated rings. The van der Waals surface area contributed by atoms with Crippen LogP contribution >= 0.6 is 0 Å². The van der Waals surface area contributed by atoms with E-state index in [0.717, 1.165) is 39.5 Å². The van der Waals surface area contributed by atoms with Crippen molar-refractivity contribution in [2.45, 2.75) is 20.3 Å². The number of nitrogens with zero attached hydrogens (tertiary/aromatic N) is 1. The van der Waals surface area contributed by atoms with Gasteiger partial charge in [0.15, 0.2) is 0 Å². The van der Waals surface area contributed by atoms with Gasteiger partial charge in [0.1, 0.15) is 5.75 Å². The number of nitrogens with one attached hydrogen (secondary N) is 1. The second-order valence-electron chi connectivity index (χ2n) is 5.47. The third kappa shape index (κ3) is 2.72. The van der Waals surface area contributed by atoms with E-state index in [0.29, 0.717) is 0 Å². The van der Waals surface area contributed by atoms with E-state index in [1.807, 2.05) is 50.2 Å². The third-order valence-electron chi connectivity index (χ3n) is 3.87. The summed E-state index contributed by atoms with van der Waals surface area (Å²) >= 11 is 0. The molecule has 0 radical (unpaired) electrons. The number of amides is 1. The maximum atomic E-state index is 12.2. The maximum absolute atomic E-state index is 12.2. The van der Waals surface area contributed by atoms with Crippen LogP contribution in [-0.4, -0.2) is 18.7 Å². The fraction of sp³-hybridized carbons (Fsp3) is 0.222. The van der Waals surface area contributed by atoms with Crippen LogP contribution in [0, 0.1) is 13.8 Å². The Morgan fingerprint density at radius 3 is 2.68 bits per heavy atom. The van der Waals surface area contributed by atoms with Gasteiger partial charge in [-0.15, -0.1) is 0 Å². The number of aliphatic imine (C=N–C) groups is 1. The number of carbonyl (C=O) groups excluding carboxylic acids is 1. The fourth-order valence-electron chi connectivity index (χ4n) is 2.49. The normalized spacial score (nSPS) is 13.8. The van der Waals surface area contributed by atoms with Gasteiger partial charge in [-0.25, -0.2) is 0 Å². The summed E-state index contributed by atoms with van der Waals surface area (Å²) in [6.07, 6.45) is 0.250. The summed E-state index contributed by atoms with van der Waals surface area (Å²) in [6.45, 7) is 4.07. The molecule has 0 saturated carbocycles. The Morgan fingerprint density at radius 1 is 1.14 bits per heavy atom. The lowest BCUT2D eigenvalue weighted by Gasteiger charge is -2.08. The van der Waals surface area contributed by atoms with Crippen LogP contribution in [-0.2, 0) is 4.79 Å². The standard InChI is InChI=1S/C18H18N2O2/c1-11-7-16-17(8-12(11)2)20-18(21)10-15(19-16)13-5-4-6-14(9-13)22-3/h4-9H,10H2,1-3H3,(H,20,21). The Bertz CT molecular complexity index is 779. The highest BCUT2D eigenvalue weighted by Gasteiger charge is 2.18. The van der Waals surface area contributed by atoms with Gasteiger partial charge in [-0.05, 0) is 49.2 Å². The van der Waals surface area contributed by atoms with Gasteiger partial charge >= 0.3 is 0 Å².